The predicted octanol–water partition coefficient (Wildman–Crippen LogP) is 6.44. The maximum Gasteiger partial charge on any atom is 0.409 e. The third kappa shape index (κ3) is 3.93. The molecule has 162 valence electrons. The van der Waals surface area contributed by atoms with Gasteiger partial charge in [-0.3, -0.25) is 0 Å². The lowest BCUT2D eigenvalue weighted by Crippen LogP contribution is -2.44. The molecule has 2 aromatic rings. The summed E-state index contributed by atoms with van der Waals surface area (Å²) in [5, 5.41) is 0.107. The summed E-state index contributed by atoms with van der Waals surface area (Å²) < 4.78 is 18.2. The van der Waals surface area contributed by atoms with Crippen LogP contribution in [0.1, 0.15) is 51.3 Å². The van der Waals surface area contributed by atoms with E-state index in [1.807, 2.05) is 39.0 Å². The molecule has 0 fully saturated rings. The van der Waals surface area contributed by atoms with Gasteiger partial charge in [0.05, 0.1) is 0 Å². The fourth-order valence-electron chi connectivity index (χ4n) is 3.46. The number of hydrogen-bond acceptors (Lipinski definition) is 4. The number of amides is 1. The van der Waals surface area contributed by atoms with Crippen molar-refractivity contribution in [3.8, 4) is 28.4 Å². The maximum atomic E-state index is 11.3. The SMILES string of the molecule is Cc1cc2c(cc1OC(N)=O)C(C)(C)Oc1cc(O[Si](C)(C)C(C)(C)C)c(C)cc1-2. The molecule has 0 saturated carbocycles. The molecule has 30 heavy (non-hydrogen) atoms. The summed E-state index contributed by atoms with van der Waals surface area (Å²) in [5.41, 5.74) is 9.57. The van der Waals surface area contributed by atoms with Crippen molar-refractivity contribution in [1.29, 1.82) is 0 Å². The second kappa shape index (κ2) is 7.05. The lowest BCUT2D eigenvalue weighted by molar-refractivity contribution is 0.105. The van der Waals surface area contributed by atoms with Crippen molar-refractivity contribution < 1.29 is 18.7 Å². The van der Waals surface area contributed by atoms with Gasteiger partial charge in [0, 0.05) is 17.2 Å². The van der Waals surface area contributed by atoms with Gasteiger partial charge in [-0.05, 0) is 80.7 Å². The smallest absolute Gasteiger partial charge is 0.409 e. The quantitative estimate of drug-likeness (QED) is 0.572. The van der Waals surface area contributed by atoms with Crippen LogP contribution in [0.15, 0.2) is 24.3 Å². The number of nitrogens with two attached hydrogens (primary N) is 1. The number of carbonyl (C=O) groups is 1. The second-order valence-electron chi connectivity index (χ2n) is 10.2. The summed E-state index contributed by atoms with van der Waals surface area (Å²) in [4.78, 5) is 11.3. The van der Waals surface area contributed by atoms with E-state index in [9.17, 15) is 4.79 Å². The molecular formula is C24H33NO4Si. The van der Waals surface area contributed by atoms with Gasteiger partial charge < -0.3 is 19.6 Å². The molecule has 6 heteroatoms. The van der Waals surface area contributed by atoms with Crippen molar-refractivity contribution in [2.75, 3.05) is 0 Å². The van der Waals surface area contributed by atoms with Crippen LogP contribution in [0.3, 0.4) is 0 Å². The third-order valence-corrected chi connectivity index (χ3v) is 10.6. The highest BCUT2D eigenvalue weighted by atomic mass is 28.4. The molecule has 2 aromatic carbocycles. The monoisotopic (exact) mass is 427 g/mol. The number of rotatable bonds is 3. The molecule has 0 spiro atoms. The Morgan fingerprint density at radius 3 is 2.13 bits per heavy atom. The topological polar surface area (TPSA) is 70.8 Å². The highest BCUT2D eigenvalue weighted by molar-refractivity contribution is 6.74. The van der Waals surface area contributed by atoms with Gasteiger partial charge >= 0.3 is 6.09 Å². The lowest BCUT2D eigenvalue weighted by Gasteiger charge is -2.39. The molecule has 0 bridgehead atoms. The fourth-order valence-corrected chi connectivity index (χ4v) is 4.54. The molecule has 0 saturated heterocycles. The van der Waals surface area contributed by atoms with E-state index in [0.717, 1.165) is 39.3 Å². The number of benzene rings is 2. The van der Waals surface area contributed by atoms with E-state index >= 15 is 0 Å². The number of carbonyl (C=O) groups excluding carboxylic acids is 1. The summed E-state index contributed by atoms with van der Waals surface area (Å²) >= 11 is 0. The first-order valence-electron chi connectivity index (χ1n) is 10.3. The summed E-state index contributed by atoms with van der Waals surface area (Å²) in [6.07, 6.45) is -0.823. The fraction of sp³-hybridized carbons (Fsp3) is 0.458. The molecule has 0 unspecified atom stereocenters. The minimum atomic E-state index is -1.98. The van der Waals surface area contributed by atoms with Crippen LogP contribution >= 0.6 is 0 Å². The van der Waals surface area contributed by atoms with Crippen molar-refractivity contribution >= 4 is 14.4 Å². The van der Waals surface area contributed by atoms with Crippen LogP contribution in [-0.2, 0) is 5.60 Å². The van der Waals surface area contributed by atoms with Gasteiger partial charge in [-0.25, -0.2) is 4.79 Å². The number of aryl methyl sites for hydroxylation is 2. The van der Waals surface area contributed by atoms with Crippen molar-refractivity contribution in [2.24, 2.45) is 5.73 Å². The minimum Gasteiger partial charge on any atom is -0.543 e. The van der Waals surface area contributed by atoms with Crippen LogP contribution in [-0.4, -0.2) is 14.4 Å². The van der Waals surface area contributed by atoms with Gasteiger partial charge in [0.2, 0.25) is 8.32 Å². The minimum absolute atomic E-state index is 0.107. The third-order valence-electron chi connectivity index (χ3n) is 6.28. The Hall–Kier alpha value is -2.47. The molecular weight excluding hydrogens is 394 g/mol. The number of primary amides is 1. The molecule has 5 nitrogen and oxygen atoms in total. The molecule has 0 aromatic heterocycles. The van der Waals surface area contributed by atoms with E-state index in [4.69, 9.17) is 19.6 Å². The summed E-state index contributed by atoms with van der Waals surface area (Å²) in [5.74, 6) is 2.13. The molecule has 1 aliphatic rings. The molecule has 0 aliphatic carbocycles. The standard InChI is InChI=1S/C24H33NO4Si/c1-14-10-16-17-11-15(2)20(29-30(8,9)23(3,4)5)13-21(17)28-24(6,7)18(16)12-19(14)27-22(25)26/h10-13H,1-9H3,(H2,25,26). The van der Waals surface area contributed by atoms with E-state index in [0.29, 0.717) is 5.75 Å². The Morgan fingerprint density at radius 1 is 1.00 bits per heavy atom. The van der Waals surface area contributed by atoms with Crippen molar-refractivity contribution in [3.63, 3.8) is 0 Å². The maximum absolute atomic E-state index is 11.3. The van der Waals surface area contributed by atoms with E-state index in [1.165, 1.54) is 0 Å². The average Bonchev–Trinajstić information content (AvgIpc) is 2.56. The van der Waals surface area contributed by atoms with Crippen LogP contribution in [0.25, 0.3) is 11.1 Å². The largest absolute Gasteiger partial charge is 0.543 e. The first kappa shape index (κ1) is 22.2. The normalized spacial score (nSPS) is 15.0. The van der Waals surface area contributed by atoms with E-state index in [-0.39, 0.29) is 5.04 Å². The molecule has 0 radical (unpaired) electrons. The molecule has 3 rings (SSSR count). The van der Waals surface area contributed by atoms with Crippen LogP contribution in [0, 0.1) is 13.8 Å². The van der Waals surface area contributed by atoms with Gasteiger partial charge in [0.15, 0.2) is 0 Å². The first-order chi connectivity index (χ1) is 13.6. The highest BCUT2D eigenvalue weighted by Gasteiger charge is 2.40. The van der Waals surface area contributed by atoms with Gasteiger partial charge in [-0.15, -0.1) is 0 Å². The molecule has 2 N–H and O–H groups in total. The van der Waals surface area contributed by atoms with Gasteiger partial charge in [0.1, 0.15) is 22.8 Å². The van der Waals surface area contributed by atoms with Crippen LogP contribution in [0.4, 0.5) is 4.79 Å². The van der Waals surface area contributed by atoms with Crippen molar-refractivity contribution in [2.45, 2.75) is 72.2 Å². The van der Waals surface area contributed by atoms with E-state index in [1.54, 1.807) is 0 Å². The second-order valence-corrected chi connectivity index (χ2v) is 14.9. The predicted molar refractivity (Wildman–Crippen MR) is 123 cm³/mol. The van der Waals surface area contributed by atoms with Crippen LogP contribution in [0.5, 0.6) is 17.2 Å². The summed E-state index contributed by atoms with van der Waals surface area (Å²) in [6, 6.07) is 8.04. The highest BCUT2D eigenvalue weighted by Crippen LogP contribution is 2.49. The van der Waals surface area contributed by atoms with E-state index < -0.39 is 20.0 Å². The number of ether oxygens (including phenoxy) is 2. The zero-order chi connectivity index (χ0) is 22.6. The molecule has 0 atom stereocenters. The van der Waals surface area contributed by atoms with Crippen molar-refractivity contribution in [1.82, 2.24) is 0 Å². The molecule has 1 amide bonds. The van der Waals surface area contributed by atoms with Crippen LogP contribution < -0.4 is 19.6 Å². The van der Waals surface area contributed by atoms with Gasteiger partial charge in [0.25, 0.3) is 0 Å². The Kier molecular flexibility index (Phi) is 5.22. The number of hydrogen-bond donors (Lipinski definition) is 1. The van der Waals surface area contributed by atoms with Crippen LogP contribution in [0.2, 0.25) is 18.1 Å². The Bertz CT molecular complexity index is 1020. The zero-order valence-electron chi connectivity index (χ0n) is 19.5. The van der Waals surface area contributed by atoms with Gasteiger partial charge in [-0.1, -0.05) is 20.8 Å². The molecule has 1 aliphatic heterocycles. The summed E-state index contributed by atoms with van der Waals surface area (Å²) in [7, 11) is -1.98. The first-order valence-corrected chi connectivity index (χ1v) is 13.2. The number of fused-ring (bicyclic) bond motifs is 3. The summed E-state index contributed by atoms with van der Waals surface area (Å²) in [6.45, 7) is 19.2. The Labute approximate surface area is 180 Å². The van der Waals surface area contributed by atoms with Gasteiger partial charge in [-0.2, -0.15) is 0 Å². The molecule has 1 heterocycles. The average molecular weight is 428 g/mol. The Morgan fingerprint density at radius 2 is 1.57 bits per heavy atom. The van der Waals surface area contributed by atoms with Crippen molar-refractivity contribution in [3.05, 3.63) is 41.0 Å². The zero-order valence-corrected chi connectivity index (χ0v) is 20.5. The lowest BCUT2D eigenvalue weighted by atomic mass is 9.84. The van der Waals surface area contributed by atoms with E-state index in [2.05, 4.69) is 46.9 Å². The Balaban J connectivity index is 2.13.